The van der Waals surface area contributed by atoms with Gasteiger partial charge < -0.3 is 0 Å². The van der Waals surface area contributed by atoms with Crippen molar-refractivity contribution in [2.75, 3.05) is 0 Å². The van der Waals surface area contributed by atoms with Gasteiger partial charge in [0.25, 0.3) is 10.0 Å². The molecule has 2 aromatic rings. The molecule has 6 nitrogen and oxygen atoms in total. The van der Waals surface area contributed by atoms with Gasteiger partial charge in [-0.05, 0) is 25.0 Å². The second kappa shape index (κ2) is 3.41. The fourth-order valence-electron chi connectivity index (χ4n) is 1.74. The Morgan fingerprint density at radius 2 is 2.12 bits per heavy atom. The Morgan fingerprint density at radius 3 is 2.71 bits per heavy atom. The average Bonchev–Trinajstić information content (AvgIpc) is 2.98. The summed E-state index contributed by atoms with van der Waals surface area (Å²) in [4.78, 5) is 3.91. The molecule has 0 saturated heterocycles. The van der Waals surface area contributed by atoms with Crippen LogP contribution in [0.25, 0.3) is 5.65 Å². The van der Waals surface area contributed by atoms with E-state index in [9.17, 15) is 8.42 Å². The molecule has 1 aliphatic rings. The molecule has 1 aliphatic carbocycles. The molecule has 1 fully saturated rings. The number of hydrogen-bond acceptors (Lipinski definition) is 4. The van der Waals surface area contributed by atoms with Crippen molar-refractivity contribution in [1.82, 2.24) is 14.6 Å². The molecule has 2 heterocycles. The Labute approximate surface area is 102 Å². The summed E-state index contributed by atoms with van der Waals surface area (Å²) in [6.45, 7) is 0. The van der Waals surface area contributed by atoms with Crippen molar-refractivity contribution >= 4 is 27.3 Å². The van der Waals surface area contributed by atoms with E-state index in [1.54, 1.807) is 6.07 Å². The lowest BCUT2D eigenvalue weighted by molar-refractivity contribution is 0.589. The summed E-state index contributed by atoms with van der Waals surface area (Å²) in [6.07, 6.45) is 2.15. The number of primary sulfonamides is 1. The Balaban J connectivity index is 2.32. The van der Waals surface area contributed by atoms with Gasteiger partial charge in [-0.2, -0.15) is 9.61 Å². The summed E-state index contributed by atoms with van der Waals surface area (Å²) in [6, 6.07) is 3.53. The summed E-state index contributed by atoms with van der Waals surface area (Å²) >= 11 is 5.77. The van der Waals surface area contributed by atoms with E-state index in [2.05, 4.69) is 10.1 Å². The molecule has 0 unspecified atom stereocenters. The predicted octanol–water partition coefficient (Wildman–Crippen LogP) is 0.908. The highest BCUT2D eigenvalue weighted by Crippen LogP contribution is 2.39. The van der Waals surface area contributed by atoms with E-state index in [4.69, 9.17) is 16.7 Å². The topological polar surface area (TPSA) is 90.4 Å². The van der Waals surface area contributed by atoms with E-state index in [0.29, 0.717) is 11.6 Å². The van der Waals surface area contributed by atoms with Crippen LogP contribution in [-0.2, 0) is 10.0 Å². The third kappa shape index (κ3) is 1.80. The number of fused-ring (bicyclic) bond motifs is 1. The average molecular weight is 273 g/mol. The third-order valence-corrected chi connectivity index (χ3v) is 3.96. The summed E-state index contributed by atoms with van der Waals surface area (Å²) < 4.78 is 24.0. The quantitative estimate of drug-likeness (QED) is 0.880. The van der Waals surface area contributed by atoms with E-state index < -0.39 is 10.0 Å². The number of imidazole rings is 1. The monoisotopic (exact) mass is 272 g/mol. The molecule has 0 bridgehead atoms. The smallest absolute Gasteiger partial charge is 0.223 e. The van der Waals surface area contributed by atoms with Gasteiger partial charge >= 0.3 is 0 Å². The first-order valence-corrected chi connectivity index (χ1v) is 6.97. The minimum atomic E-state index is -3.93. The zero-order valence-corrected chi connectivity index (χ0v) is 10.2. The number of nitrogens with zero attached hydrogens (tertiary/aromatic N) is 3. The lowest BCUT2D eigenvalue weighted by Gasteiger charge is -2.01. The van der Waals surface area contributed by atoms with Crippen molar-refractivity contribution in [2.24, 2.45) is 5.14 Å². The van der Waals surface area contributed by atoms with Gasteiger partial charge in [0.2, 0.25) is 5.03 Å². The second-order valence-corrected chi connectivity index (χ2v) is 5.89. The van der Waals surface area contributed by atoms with E-state index >= 15 is 0 Å². The van der Waals surface area contributed by atoms with Crippen molar-refractivity contribution < 1.29 is 8.42 Å². The van der Waals surface area contributed by atoms with Crippen molar-refractivity contribution in [3.63, 3.8) is 0 Å². The highest BCUT2D eigenvalue weighted by molar-refractivity contribution is 7.89. The lowest BCUT2D eigenvalue weighted by atomic mass is 10.3. The molecule has 90 valence electrons. The van der Waals surface area contributed by atoms with E-state index in [1.165, 1.54) is 4.52 Å². The number of nitrogens with two attached hydrogens (primary N) is 1. The van der Waals surface area contributed by atoms with Crippen LogP contribution in [0.1, 0.15) is 24.5 Å². The SMILES string of the molecule is NS(=O)(=O)c1c(Cl)nc2ccc(C3CC3)nn12. The van der Waals surface area contributed by atoms with Gasteiger partial charge in [-0.3, -0.25) is 0 Å². The number of aromatic nitrogens is 3. The van der Waals surface area contributed by atoms with Crippen LogP contribution in [0.4, 0.5) is 0 Å². The first-order chi connectivity index (χ1) is 7.97. The van der Waals surface area contributed by atoms with Crippen LogP contribution in [0.2, 0.25) is 5.15 Å². The van der Waals surface area contributed by atoms with E-state index in [0.717, 1.165) is 18.5 Å². The second-order valence-electron chi connectivity index (χ2n) is 4.06. The maximum Gasteiger partial charge on any atom is 0.258 e. The molecule has 0 atom stereocenters. The molecule has 0 amide bonds. The van der Waals surface area contributed by atoms with E-state index in [1.807, 2.05) is 6.07 Å². The normalized spacial score (nSPS) is 16.6. The molecule has 0 spiro atoms. The Kier molecular flexibility index (Phi) is 2.19. The number of sulfonamides is 1. The van der Waals surface area contributed by atoms with Crippen LogP contribution in [0.3, 0.4) is 0 Å². The standard InChI is InChI=1S/C9H9ClN4O2S/c10-8-9(17(11,15)16)14-7(12-8)4-3-6(13-14)5-1-2-5/h3-5H,1-2H2,(H2,11,15,16). The van der Waals surface area contributed by atoms with Gasteiger partial charge in [-0.1, -0.05) is 11.6 Å². The van der Waals surface area contributed by atoms with Crippen molar-refractivity contribution in [2.45, 2.75) is 23.8 Å². The fraction of sp³-hybridized carbons (Fsp3) is 0.333. The molecule has 2 N–H and O–H groups in total. The minimum absolute atomic E-state index is 0.145. The van der Waals surface area contributed by atoms with Crippen LogP contribution in [0.15, 0.2) is 17.2 Å². The van der Waals surface area contributed by atoms with Gasteiger partial charge in [-0.15, -0.1) is 0 Å². The molecule has 17 heavy (non-hydrogen) atoms. The van der Waals surface area contributed by atoms with Crippen molar-refractivity contribution in [1.29, 1.82) is 0 Å². The molecule has 0 radical (unpaired) electrons. The lowest BCUT2D eigenvalue weighted by Crippen LogP contribution is -2.16. The van der Waals surface area contributed by atoms with Gasteiger partial charge in [0, 0.05) is 5.92 Å². The molecular weight excluding hydrogens is 264 g/mol. The van der Waals surface area contributed by atoms with Crippen LogP contribution >= 0.6 is 11.6 Å². The molecule has 0 aromatic carbocycles. The van der Waals surface area contributed by atoms with Crippen molar-refractivity contribution in [3.05, 3.63) is 23.0 Å². The van der Waals surface area contributed by atoms with Crippen LogP contribution < -0.4 is 5.14 Å². The fourth-order valence-corrected chi connectivity index (χ4v) is 2.88. The molecule has 1 saturated carbocycles. The maximum absolute atomic E-state index is 11.4. The molecular formula is C9H9ClN4O2S. The van der Waals surface area contributed by atoms with E-state index in [-0.39, 0.29) is 10.2 Å². The number of halogens is 1. The highest BCUT2D eigenvalue weighted by Gasteiger charge is 2.27. The highest BCUT2D eigenvalue weighted by atomic mass is 35.5. The van der Waals surface area contributed by atoms with Crippen LogP contribution in [0.5, 0.6) is 0 Å². The third-order valence-electron chi connectivity index (χ3n) is 2.68. The van der Waals surface area contributed by atoms with Gasteiger partial charge in [-0.25, -0.2) is 18.5 Å². The molecule has 8 heteroatoms. The van der Waals surface area contributed by atoms with Gasteiger partial charge in [0.15, 0.2) is 10.8 Å². The summed E-state index contributed by atoms with van der Waals surface area (Å²) in [5, 5.41) is 8.93. The molecule has 2 aromatic heterocycles. The minimum Gasteiger partial charge on any atom is -0.223 e. The van der Waals surface area contributed by atoms with Crippen LogP contribution in [0, 0.1) is 0 Å². The number of hydrogen-bond donors (Lipinski definition) is 1. The van der Waals surface area contributed by atoms with Crippen LogP contribution in [-0.4, -0.2) is 23.0 Å². The van der Waals surface area contributed by atoms with Crippen molar-refractivity contribution in [3.8, 4) is 0 Å². The summed E-state index contributed by atoms with van der Waals surface area (Å²) in [5.41, 5.74) is 1.22. The Bertz CT molecular complexity index is 705. The molecule has 3 rings (SSSR count). The van der Waals surface area contributed by atoms with Gasteiger partial charge in [0.05, 0.1) is 5.69 Å². The largest absolute Gasteiger partial charge is 0.258 e. The summed E-state index contributed by atoms with van der Waals surface area (Å²) in [5.74, 6) is 0.411. The Morgan fingerprint density at radius 1 is 1.41 bits per heavy atom. The zero-order chi connectivity index (χ0) is 12.2. The zero-order valence-electron chi connectivity index (χ0n) is 8.67. The number of rotatable bonds is 2. The maximum atomic E-state index is 11.4. The first kappa shape index (κ1) is 10.9. The Hall–Kier alpha value is -1.18. The molecule has 0 aliphatic heterocycles. The first-order valence-electron chi connectivity index (χ1n) is 5.05. The predicted molar refractivity (Wildman–Crippen MR) is 61.3 cm³/mol. The van der Waals surface area contributed by atoms with Gasteiger partial charge in [0.1, 0.15) is 0 Å². The summed E-state index contributed by atoms with van der Waals surface area (Å²) in [7, 11) is -3.93.